The van der Waals surface area contributed by atoms with Crippen molar-refractivity contribution in [2.24, 2.45) is 17.8 Å². The van der Waals surface area contributed by atoms with Crippen molar-refractivity contribution in [1.29, 1.82) is 0 Å². The summed E-state index contributed by atoms with van der Waals surface area (Å²) in [4.78, 5) is 15.6. The van der Waals surface area contributed by atoms with Crippen molar-refractivity contribution in [3.05, 3.63) is 11.7 Å². The highest BCUT2D eigenvalue weighted by Crippen LogP contribution is 2.19. The number of aromatic nitrogens is 2. The Morgan fingerprint density at radius 3 is 2.29 bits per heavy atom. The van der Waals surface area contributed by atoms with Crippen molar-refractivity contribution in [2.75, 3.05) is 6.54 Å². The van der Waals surface area contributed by atoms with Crippen molar-refractivity contribution in [2.45, 2.75) is 34.6 Å². The van der Waals surface area contributed by atoms with E-state index < -0.39 is 0 Å². The SMILES string of the molecule is Cc1nc(C(=O)NCC(C(C)C)C(C)C)no1. The molecule has 0 aromatic carbocycles. The molecule has 17 heavy (non-hydrogen) atoms. The Hall–Kier alpha value is -1.39. The van der Waals surface area contributed by atoms with Crippen LogP contribution in [0.25, 0.3) is 0 Å². The van der Waals surface area contributed by atoms with Crippen LogP contribution in [0, 0.1) is 24.7 Å². The topological polar surface area (TPSA) is 68.0 Å². The van der Waals surface area contributed by atoms with Gasteiger partial charge in [0, 0.05) is 13.5 Å². The second-order valence-electron chi connectivity index (χ2n) is 5.00. The summed E-state index contributed by atoms with van der Waals surface area (Å²) < 4.78 is 4.77. The van der Waals surface area contributed by atoms with Gasteiger partial charge in [-0.25, -0.2) is 0 Å². The van der Waals surface area contributed by atoms with Crippen LogP contribution in [0.3, 0.4) is 0 Å². The first-order valence-electron chi connectivity index (χ1n) is 6.00. The molecule has 1 heterocycles. The minimum absolute atomic E-state index is 0.105. The lowest BCUT2D eigenvalue weighted by molar-refractivity contribution is 0.0923. The summed E-state index contributed by atoms with van der Waals surface area (Å²) in [5, 5.41) is 6.44. The van der Waals surface area contributed by atoms with E-state index in [9.17, 15) is 4.79 Å². The zero-order chi connectivity index (χ0) is 13.0. The van der Waals surface area contributed by atoms with E-state index in [0.717, 1.165) is 0 Å². The highest BCUT2D eigenvalue weighted by Gasteiger charge is 2.20. The van der Waals surface area contributed by atoms with Gasteiger partial charge in [-0.1, -0.05) is 32.9 Å². The smallest absolute Gasteiger partial charge is 0.292 e. The fourth-order valence-corrected chi connectivity index (χ4v) is 1.92. The summed E-state index contributed by atoms with van der Waals surface area (Å²) in [6.07, 6.45) is 0. The lowest BCUT2D eigenvalue weighted by atomic mass is 9.85. The summed E-state index contributed by atoms with van der Waals surface area (Å²) in [6, 6.07) is 0. The van der Waals surface area contributed by atoms with Crippen LogP contribution >= 0.6 is 0 Å². The Labute approximate surface area is 102 Å². The van der Waals surface area contributed by atoms with E-state index >= 15 is 0 Å². The molecule has 1 aromatic rings. The molecule has 0 radical (unpaired) electrons. The number of rotatable bonds is 5. The van der Waals surface area contributed by atoms with E-state index in [4.69, 9.17) is 4.52 Å². The third kappa shape index (κ3) is 3.84. The lowest BCUT2D eigenvalue weighted by Crippen LogP contribution is -2.34. The Morgan fingerprint density at radius 1 is 1.29 bits per heavy atom. The molecule has 0 aliphatic carbocycles. The number of amides is 1. The molecule has 0 unspecified atom stereocenters. The van der Waals surface area contributed by atoms with E-state index in [0.29, 0.717) is 30.2 Å². The number of nitrogens with zero attached hydrogens (tertiary/aromatic N) is 2. The molecule has 0 fully saturated rings. The fourth-order valence-electron chi connectivity index (χ4n) is 1.92. The highest BCUT2D eigenvalue weighted by molar-refractivity contribution is 5.90. The first-order chi connectivity index (χ1) is 7.91. The van der Waals surface area contributed by atoms with Crippen LogP contribution in [0.5, 0.6) is 0 Å². The molecule has 0 spiro atoms. The van der Waals surface area contributed by atoms with Crippen molar-refractivity contribution in [1.82, 2.24) is 15.5 Å². The van der Waals surface area contributed by atoms with Gasteiger partial charge in [-0.05, 0) is 17.8 Å². The zero-order valence-electron chi connectivity index (χ0n) is 11.2. The molecule has 0 aliphatic rings. The number of carbonyl (C=O) groups excluding carboxylic acids is 1. The first-order valence-corrected chi connectivity index (χ1v) is 6.00. The standard InChI is InChI=1S/C12H21N3O2/c1-7(2)10(8(3)4)6-13-12(16)11-14-9(5)17-15-11/h7-8,10H,6H2,1-5H3,(H,13,16). The number of carbonyl (C=O) groups is 1. The number of aryl methyl sites for hydroxylation is 1. The van der Waals surface area contributed by atoms with Gasteiger partial charge in [0.25, 0.3) is 11.7 Å². The molecule has 96 valence electrons. The van der Waals surface area contributed by atoms with Crippen LogP contribution < -0.4 is 5.32 Å². The van der Waals surface area contributed by atoms with E-state index in [1.165, 1.54) is 0 Å². The third-order valence-corrected chi connectivity index (χ3v) is 2.94. The van der Waals surface area contributed by atoms with E-state index in [2.05, 4.69) is 43.2 Å². The number of nitrogens with one attached hydrogen (secondary N) is 1. The molecule has 0 saturated heterocycles. The second-order valence-corrected chi connectivity index (χ2v) is 5.00. The normalized spacial score (nSPS) is 11.5. The molecular weight excluding hydrogens is 218 g/mol. The molecule has 0 atom stereocenters. The fraction of sp³-hybridized carbons (Fsp3) is 0.750. The summed E-state index contributed by atoms with van der Waals surface area (Å²) in [6.45, 7) is 11.0. The van der Waals surface area contributed by atoms with Crippen LogP contribution in [-0.2, 0) is 0 Å². The van der Waals surface area contributed by atoms with E-state index in [-0.39, 0.29) is 11.7 Å². The van der Waals surface area contributed by atoms with Crippen molar-refractivity contribution in [3.63, 3.8) is 0 Å². The molecular formula is C12H21N3O2. The molecule has 0 bridgehead atoms. The monoisotopic (exact) mass is 239 g/mol. The molecule has 0 saturated carbocycles. The van der Waals surface area contributed by atoms with Crippen molar-refractivity contribution < 1.29 is 9.32 Å². The maximum atomic E-state index is 11.7. The minimum Gasteiger partial charge on any atom is -0.349 e. The Kier molecular flexibility index (Phi) is 4.66. The first kappa shape index (κ1) is 13.7. The van der Waals surface area contributed by atoms with Crippen molar-refractivity contribution >= 4 is 5.91 Å². The summed E-state index contributed by atoms with van der Waals surface area (Å²) in [5.74, 6) is 1.75. The predicted molar refractivity (Wildman–Crippen MR) is 64.5 cm³/mol. The largest absolute Gasteiger partial charge is 0.349 e. The van der Waals surface area contributed by atoms with Crippen LogP contribution in [0.1, 0.15) is 44.2 Å². The predicted octanol–water partition coefficient (Wildman–Crippen LogP) is 2.04. The van der Waals surface area contributed by atoms with Crippen LogP contribution in [-0.4, -0.2) is 22.6 Å². The van der Waals surface area contributed by atoms with Gasteiger partial charge in [0.2, 0.25) is 5.89 Å². The van der Waals surface area contributed by atoms with Gasteiger partial charge in [0.1, 0.15) is 0 Å². The van der Waals surface area contributed by atoms with Gasteiger partial charge in [-0.3, -0.25) is 4.79 Å². The Morgan fingerprint density at radius 2 is 1.88 bits per heavy atom. The molecule has 1 amide bonds. The van der Waals surface area contributed by atoms with Crippen LogP contribution in [0.4, 0.5) is 0 Å². The van der Waals surface area contributed by atoms with E-state index in [1.54, 1.807) is 6.92 Å². The Bertz CT molecular complexity index is 364. The average molecular weight is 239 g/mol. The van der Waals surface area contributed by atoms with Gasteiger partial charge in [-0.15, -0.1) is 0 Å². The number of hydrogen-bond donors (Lipinski definition) is 1. The second kappa shape index (κ2) is 5.80. The highest BCUT2D eigenvalue weighted by atomic mass is 16.5. The molecule has 1 rings (SSSR count). The van der Waals surface area contributed by atoms with Gasteiger partial charge in [0.05, 0.1) is 0 Å². The minimum atomic E-state index is -0.270. The van der Waals surface area contributed by atoms with Gasteiger partial charge in [-0.2, -0.15) is 4.98 Å². The summed E-state index contributed by atoms with van der Waals surface area (Å²) >= 11 is 0. The van der Waals surface area contributed by atoms with E-state index in [1.807, 2.05) is 0 Å². The molecule has 1 aromatic heterocycles. The summed E-state index contributed by atoms with van der Waals surface area (Å²) in [5.41, 5.74) is 0. The van der Waals surface area contributed by atoms with Crippen molar-refractivity contribution in [3.8, 4) is 0 Å². The third-order valence-electron chi connectivity index (χ3n) is 2.94. The quantitative estimate of drug-likeness (QED) is 0.853. The maximum Gasteiger partial charge on any atom is 0.292 e. The molecule has 5 nitrogen and oxygen atoms in total. The van der Waals surface area contributed by atoms with Gasteiger partial charge >= 0.3 is 0 Å². The van der Waals surface area contributed by atoms with Crippen LogP contribution in [0.15, 0.2) is 4.52 Å². The number of hydrogen-bond acceptors (Lipinski definition) is 4. The average Bonchev–Trinajstić information content (AvgIpc) is 2.63. The zero-order valence-corrected chi connectivity index (χ0v) is 11.2. The van der Waals surface area contributed by atoms with Gasteiger partial charge < -0.3 is 9.84 Å². The molecule has 5 heteroatoms. The summed E-state index contributed by atoms with van der Waals surface area (Å²) in [7, 11) is 0. The molecule has 0 aliphatic heterocycles. The lowest BCUT2D eigenvalue weighted by Gasteiger charge is -2.24. The Balaban J connectivity index is 2.52. The molecule has 1 N–H and O–H groups in total. The maximum absolute atomic E-state index is 11.7. The van der Waals surface area contributed by atoms with Gasteiger partial charge in [0.15, 0.2) is 0 Å². The van der Waals surface area contributed by atoms with Crippen LogP contribution in [0.2, 0.25) is 0 Å².